The summed E-state index contributed by atoms with van der Waals surface area (Å²) < 4.78 is 0. The number of benzene rings is 1. The van der Waals surface area contributed by atoms with E-state index in [0.717, 1.165) is 11.6 Å². The van der Waals surface area contributed by atoms with Gasteiger partial charge in [-0.05, 0) is 18.5 Å². The summed E-state index contributed by atoms with van der Waals surface area (Å²) in [6, 6.07) is 13.8. The van der Waals surface area contributed by atoms with E-state index < -0.39 is 0 Å². The van der Waals surface area contributed by atoms with E-state index in [1.807, 2.05) is 0 Å². The first-order valence-corrected chi connectivity index (χ1v) is 10.6. The van der Waals surface area contributed by atoms with Gasteiger partial charge in [-0.25, -0.2) is 0 Å². The van der Waals surface area contributed by atoms with E-state index in [-0.39, 0.29) is 54.5 Å². The van der Waals surface area contributed by atoms with E-state index in [4.69, 9.17) is 0 Å². The van der Waals surface area contributed by atoms with Crippen molar-refractivity contribution in [2.45, 2.75) is 31.8 Å². The van der Waals surface area contributed by atoms with Crippen molar-refractivity contribution in [3.63, 3.8) is 0 Å². The summed E-state index contributed by atoms with van der Waals surface area (Å²) in [6.45, 7) is 2.32. The van der Waals surface area contributed by atoms with Crippen LogP contribution in [-0.4, -0.2) is 11.8 Å². The minimum absolute atomic E-state index is 0. The summed E-state index contributed by atoms with van der Waals surface area (Å²) in [6.07, 6.45) is 17.4. The second-order valence-electron chi connectivity index (χ2n) is 6.90. The Morgan fingerprint density at radius 3 is 2.62 bits per heavy atom. The minimum atomic E-state index is -0.0698. The van der Waals surface area contributed by atoms with Crippen LogP contribution in [0.15, 0.2) is 60.7 Å². The number of hydrogen-bond donors (Lipinski definition) is 0. The average molecular weight is 439 g/mol. The third-order valence-corrected chi connectivity index (χ3v) is 8.25. The van der Waals surface area contributed by atoms with Crippen molar-refractivity contribution in [1.29, 1.82) is 0 Å². The summed E-state index contributed by atoms with van der Waals surface area (Å²) >= 11 is 0. The topological polar surface area (TPSA) is 0 Å². The zero-order valence-corrected chi connectivity index (χ0v) is 19.1. The second-order valence-corrected chi connectivity index (χ2v) is 9.46. The van der Waals surface area contributed by atoms with Crippen LogP contribution in [0.5, 0.6) is 0 Å². The number of allylic oxidation sites excluding steroid dienone is 4. The van der Waals surface area contributed by atoms with E-state index in [1.165, 1.54) is 36.2 Å². The third kappa shape index (κ3) is 5.09. The Morgan fingerprint density at radius 2 is 1.88 bits per heavy atom. The Kier molecular flexibility index (Phi) is 10.3. The van der Waals surface area contributed by atoms with Crippen LogP contribution in [0.1, 0.15) is 26.2 Å². The number of unbranched alkanes of at least 4 members (excludes halogenated alkanes) is 1. The monoisotopic (exact) mass is 438 g/mol. The predicted molar refractivity (Wildman–Crippen MR) is 104 cm³/mol. The quantitative estimate of drug-likeness (QED) is 0.345. The zero-order chi connectivity index (χ0) is 15.6. The van der Waals surface area contributed by atoms with Crippen LogP contribution in [-0.2, 0) is 21.7 Å². The first-order valence-electron chi connectivity index (χ1n) is 8.97. The molecule has 0 amide bonds. The minimum Gasteiger partial charge on any atom is -1.00 e. The molecule has 0 nitrogen and oxygen atoms in total. The first kappa shape index (κ1) is 24.1. The third-order valence-electron chi connectivity index (χ3n) is 5.34. The Balaban J connectivity index is 0.00000113. The molecular formula is C22H25Cl2PTi. The van der Waals surface area contributed by atoms with Gasteiger partial charge in [-0.2, -0.15) is 6.07 Å². The summed E-state index contributed by atoms with van der Waals surface area (Å²) in [4.78, 5) is 0. The van der Waals surface area contributed by atoms with Gasteiger partial charge >= 0.3 is 21.7 Å². The average Bonchev–Trinajstić information content (AvgIpc) is 3.19. The van der Waals surface area contributed by atoms with E-state index in [9.17, 15) is 0 Å². The van der Waals surface area contributed by atoms with Crippen LogP contribution in [0, 0.1) is 18.3 Å². The van der Waals surface area contributed by atoms with Crippen molar-refractivity contribution >= 4 is 24.0 Å². The van der Waals surface area contributed by atoms with Gasteiger partial charge < -0.3 is 31.2 Å². The Morgan fingerprint density at radius 1 is 1.12 bits per heavy atom. The molecule has 0 heterocycles. The molecule has 0 aromatic heterocycles. The molecule has 26 heavy (non-hydrogen) atoms. The van der Waals surface area contributed by atoms with Gasteiger partial charge in [0.15, 0.2) is 0 Å². The molecule has 4 atom stereocenters. The van der Waals surface area contributed by atoms with Gasteiger partial charge in [0, 0.05) is 0 Å². The predicted octanol–water partition coefficient (Wildman–Crippen LogP) is -0.194. The molecule has 0 spiro atoms. The molecule has 1 saturated carbocycles. The zero-order valence-electron chi connectivity index (χ0n) is 15.1. The number of fused-ring (bicyclic) bond motifs is 2. The second kappa shape index (κ2) is 11.1. The van der Waals surface area contributed by atoms with Crippen LogP contribution in [0.3, 0.4) is 0 Å². The summed E-state index contributed by atoms with van der Waals surface area (Å²) in [5.41, 5.74) is 0.788. The molecule has 4 rings (SSSR count). The SMILES string of the molecule is CCCCP(c1cc2ccccc2[cH-]1)C1[CH-]C2C=CC=CC2C1.[Cl-].[Cl-].[Ti+4]. The summed E-state index contributed by atoms with van der Waals surface area (Å²) in [5, 5.41) is 4.46. The van der Waals surface area contributed by atoms with E-state index in [0.29, 0.717) is 5.92 Å². The van der Waals surface area contributed by atoms with Crippen molar-refractivity contribution in [3.8, 4) is 0 Å². The largest absolute Gasteiger partial charge is 4.00 e. The molecule has 0 N–H and O–H groups in total. The smallest absolute Gasteiger partial charge is 1.00 e. The molecular weight excluding hydrogens is 414 g/mol. The maximum atomic E-state index is 2.67. The van der Waals surface area contributed by atoms with Gasteiger partial charge in [0.05, 0.1) is 0 Å². The maximum Gasteiger partial charge on any atom is 4.00 e. The normalized spacial score (nSPS) is 24.3. The van der Waals surface area contributed by atoms with Crippen LogP contribution in [0.25, 0.3) is 10.8 Å². The van der Waals surface area contributed by atoms with Gasteiger partial charge in [0.25, 0.3) is 0 Å². The van der Waals surface area contributed by atoms with Crippen molar-refractivity contribution in [2.75, 3.05) is 6.16 Å². The van der Waals surface area contributed by atoms with E-state index in [2.05, 4.69) is 74.0 Å². The molecule has 136 valence electrons. The van der Waals surface area contributed by atoms with Gasteiger partial charge in [-0.15, -0.1) is 65.9 Å². The van der Waals surface area contributed by atoms with Crippen molar-refractivity contribution in [3.05, 3.63) is 67.1 Å². The van der Waals surface area contributed by atoms with Crippen molar-refractivity contribution in [2.24, 2.45) is 11.8 Å². The molecule has 4 unspecified atom stereocenters. The van der Waals surface area contributed by atoms with Crippen LogP contribution in [0.2, 0.25) is 0 Å². The summed E-state index contributed by atoms with van der Waals surface area (Å²) in [7, 11) is -0.0698. The molecule has 0 saturated heterocycles. The number of hydrogen-bond acceptors (Lipinski definition) is 0. The molecule has 2 aromatic carbocycles. The fourth-order valence-electron chi connectivity index (χ4n) is 4.07. The van der Waals surface area contributed by atoms with E-state index >= 15 is 0 Å². The standard InChI is InChI=1S/C22H25P.2ClH.Ti/c1-2-3-12-23(21-13-17-8-4-5-9-18(17)14-21)22-15-19-10-6-7-11-20(19)16-22;;;/h4-11,13-15,19-20,22H,2-3,12,16H2,1H3;2*1H;/q-2;;;+4/p-2. The van der Waals surface area contributed by atoms with Gasteiger partial charge in [0.2, 0.25) is 0 Å². The molecule has 0 radical (unpaired) electrons. The molecule has 0 aliphatic heterocycles. The molecule has 2 aliphatic rings. The molecule has 0 bridgehead atoms. The van der Waals surface area contributed by atoms with Gasteiger partial charge in [0.1, 0.15) is 0 Å². The van der Waals surface area contributed by atoms with Gasteiger partial charge in [-0.1, -0.05) is 44.1 Å². The fourth-order valence-corrected chi connectivity index (χ4v) is 7.22. The van der Waals surface area contributed by atoms with Crippen LogP contribution in [0.4, 0.5) is 0 Å². The Hall–Kier alpha value is 0.0343. The number of halogens is 2. The Bertz CT molecular complexity index is 684. The molecule has 4 heteroatoms. The van der Waals surface area contributed by atoms with Crippen LogP contribution < -0.4 is 30.1 Å². The first-order chi connectivity index (χ1) is 11.3. The molecule has 2 aromatic rings. The fraction of sp³-hybridized carbons (Fsp3) is 0.364. The Labute approximate surface area is 186 Å². The molecule has 1 fully saturated rings. The van der Waals surface area contributed by atoms with Crippen molar-refractivity contribution in [1.82, 2.24) is 0 Å². The van der Waals surface area contributed by atoms with Gasteiger partial charge in [-0.3, -0.25) is 0 Å². The van der Waals surface area contributed by atoms with E-state index in [1.54, 1.807) is 5.30 Å². The maximum absolute atomic E-state index is 2.67. The van der Waals surface area contributed by atoms with Crippen LogP contribution >= 0.6 is 7.92 Å². The molecule has 2 aliphatic carbocycles. The summed E-state index contributed by atoms with van der Waals surface area (Å²) in [5.74, 6) is 1.43. The number of rotatable bonds is 5. The van der Waals surface area contributed by atoms with Crippen molar-refractivity contribution < 1.29 is 46.5 Å².